The monoisotopic (exact) mass is 365 g/mol. The van der Waals surface area contributed by atoms with Crippen molar-refractivity contribution in [2.45, 2.75) is 30.9 Å². The first kappa shape index (κ1) is 17.4. The molecule has 0 aromatic heterocycles. The third-order valence-corrected chi connectivity index (χ3v) is 6.68. The van der Waals surface area contributed by atoms with Gasteiger partial charge >= 0.3 is 0 Å². The van der Waals surface area contributed by atoms with Gasteiger partial charge in [-0.3, -0.25) is 0 Å². The molecule has 0 amide bonds. The summed E-state index contributed by atoms with van der Waals surface area (Å²) in [5.74, 6) is 0. The molecule has 0 aliphatic carbocycles. The maximum Gasteiger partial charge on any atom is 0.243 e. The molecule has 0 bridgehead atoms. The highest BCUT2D eigenvalue weighted by molar-refractivity contribution is 7.89. The van der Waals surface area contributed by atoms with Crippen molar-refractivity contribution in [3.8, 4) is 0 Å². The summed E-state index contributed by atoms with van der Waals surface area (Å²) in [6.07, 6.45) is -0.266. The normalized spacial score (nSPS) is 22.5. The molecule has 4 nitrogen and oxygen atoms in total. The molecule has 24 heavy (non-hydrogen) atoms. The van der Waals surface area contributed by atoms with E-state index in [1.165, 1.54) is 10.4 Å². The topological polar surface area (TPSA) is 46.6 Å². The predicted molar refractivity (Wildman–Crippen MR) is 94.7 cm³/mol. The minimum absolute atomic E-state index is 0.221. The molecule has 0 radical (unpaired) electrons. The summed E-state index contributed by atoms with van der Waals surface area (Å²) in [5, 5.41) is 0.455. The Morgan fingerprint density at radius 2 is 1.88 bits per heavy atom. The van der Waals surface area contributed by atoms with Crippen molar-refractivity contribution in [1.29, 1.82) is 0 Å². The molecular formula is C18H20ClNO3S. The summed E-state index contributed by atoms with van der Waals surface area (Å²) in [6.45, 7) is 4.35. The summed E-state index contributed by atoms with van der Waals surface area (Å²) >= 11 is 6.11. The number of benzene rings is 2. The Morgan fingerprint density at radius 1 is 1.17 bits per heavy atom. The summed E-state index contributed by atoms with van der Waals surface area (Å²) < 4.78 is 33.5. The van der Waals surface area contributed by atoms with E-state index in [9.17, 15) is 8.42 Å². The molecule has 1 aliphatic rings. The summed E-state index contributed by atoms with van der Waals surface area (Å²) in [4.78, 5) is 0.221. The SMILES string of the molecule is Cc1ccc(S(=O)(=O)N2CC(c3ccccc3)OCC2C)cc1Cl. The molecule has 2 atom stereocenters. The van der Waals surface area contributed by atoms with Crippen LogP contribution in [0.5, 0.6) is 0 Å². The zero-order chi connectivity index (χ0) is 17.3. The van der Waals surface area contributed by atoms with Gasteiger partial charge in [-0.1, -0.05) is 48.0 Å². The van der Waals surface area contributed by atoms with Crippen molar-refractivity contribution < 1.29 is 13.2 Å². The summed E-state index contributed by atoms with van der Waals surface area (Å²) in [6, 6.07) is 14.3. The number of rotatable bonds is 3. The fourth-order valence-electron chi connectivity index (χ4n) is 2.81. The molecule has 0 spiro atoms. The standard InChI is InChI=1S/C18H20ClNO3S/c1-13-8-9-16(10-17(13)19)24(21,22)20-11-18(23-12-14(20)2)15-6-4-3-5-7-15/h3-10,14,18H,11-12H2,1-2H3. The van der Waals surface area contributed by atoms with E-state index >= 15 is 0 Å². The first-order valence-electron chi connectivity index (χ1n) is 7.84. The van der Waals surface area contributed by atoms with Gasteiger partial charge in [0.05, 0.1) is 17.6 Å². The fourth-order valence-corrected chi connectivity index (χ4v) is 4.70. The molecule has 1 aliphatic heterocycles. The molecule has 0 N–H and O–H groups in total. The predicted octanol–water partition coefficient (Wildman–Crippen LogP) is 3.80. The molecule has 1 heterocycles. The van der Waals surface area contributed by atoms with Crippen LogP contribution in [0, 0.1) is 6.92 Å². The molecule has 6 heteroatoms. The first-order valence-corrected chi connectivity index (χ1v) is 9.66. The van der Waals surface area contributed by atoms with Crippen molar-refractivity contribution in [2.75, 3.05) is 13.2 Å². The number of nitrogens with zero attached hydrogens (tertiary/aromatic N) is 1. The zero-order valence-corrected chi connectivity index (χ0v) is 15.2. The quantitative estimate of drug-likeness (QED) is 0.831. The Kier molecular flexibility index (Phi) is 4.97. The highest BCUT2D eigenvalue weighted by atomic mass is 35.5. The Hall–Kier alpha value is -1.40. The van der Waals surface area contributed by atoms with Gasteiger partial charge in [0, 0.05) is 17.6 Å². The fraction of sp³-hybridized carbons (Fsp3) is 0.333. The van der Waals surface area contributed by atoms with Gasteiger partial charge in [-0.25, -0.2) is 8.42 Å². The zero-order valence-electron chi connectivity index (χ0n) is 13.6. The lowest BCUT2D eigenvalue weighted by Crippen LogP contribution is -2.48. The molecule has 2 unspecified atom stereocenters. The van der Waals surface area contributed by atoms with Crippen LogP contribution in [-0.4, -0.2) is 31.9 Å². The average Bonchev–Trinajstić information content (AvgIpc) is 2.58. The maximum absolute atomic E-state index is 13.0. The second-order valence-electron chi connectivity index (χ2n) is 6.07. The molecule has 0 saturated carbocycles. The third kappa shape index (κ3) is 3.35. The molecular weight excluding hydrogens is 346 g/mol. The van der Waals surface area contributed by atoms with E-state index < -0.39 is 10.0 Å². The minimum Gasteiger partial charge on any atom is -0.370 e. The van der Waals surface area contributed by atoms with Crippen molar-refractivity contribution >= 4 is 21.6 Å². The van der Waals surface area contributed by atoms with Gasteiger partial charge in [0.15, 0.2) is 0 Å². The van der Waals surface area contributed by atoms with Gasteiger partial charge in [0.1, 0.15) is 0 Å². The molecule has 128 valence electrons. The molecule has 2 aromatic carbocycles. The number of halogens is 1. The van der Waals surface area contributed by atoms with Crippen LogP contribution in [0.25, 0.3) is 0 Å². The van der Waals surface area contributed by atoms with E-state index in [-0.39, 0.29) is 17.0 Å². The lowest BCUT2D eigenvalue weighted by atomic mass is 10.1. The highest BCUT2D eigenvalue weighted by Gasteiger charge is 2.36. The summed E-state index contributed by atoms with van der Waals surface area (Å²) in [5.41, 5.74) is 1.83. The van der Waals surface area contributed by atoms with Gasteiger partial charge < -0.3 is 4.74 Å². The molecule has 2 aromatic rings. The Bertz CT molecular complexity index is 823. The van der Waals surface area contributed by atoms with Gasteiger partial charge in [-0.05, 0) is 37.1 Å². The summed E-state index contributed by atoms with van der Waals surface area (Å²) in [7, 11) is -3.62. The molecule has 1 saturated heterocycles. The Labute approximate surface area is 148 Å². The lowest BCUT2D eigenvalue weighted by Gasteiger charge is -2.37. The van der Waals surface area contributed by atoms with E-state index in [1.54, 1.807) is 12.1 Å². The second kappa shape index (κ2) is 6.84. The average molecular weight is 366 g/mol. The first-order chi connectivity index (χ1) is 11.4. The van der Waals surface area contributed by atoms with Gasteiger partial charge in [0.25, 0.3) is 0 Å². The lowest BCUT2D eigenvalue weighted by molar-refractivity contribution is -0.0288. The van der Waals surface area contributed by atoms with E-state index in [1.807, 2.05) is 44.2 Å². The van der Waals surface area contributed by atoms with Crippen LogP contribution in [-0.2, 0) is 14.8 Å². The van der Waals surface area contributed by atoms with E-state index in [4.69, 9.17) is 16.3 Å². The van der Waals surface area contributed by atoms with E-state index in [2.05, 4.69) is 0 Å². The van der Waals surface area contributed by atoms with E-state index in [0.717, 1.165) is 11.1 Å². The second-order valence-corrected chi connectivity index (χ2v) is 8.37. The van der Waals surface area contributed by atoms with Gasteiger partial charge in [-0.2, -0.15) is 4.31 Å². The largest absolute Gasteiger partial charge is 0.370 e. The Balaban J connectivity index is 1.92. The number of morpholine rings is 1. The van der Waals surface area contributed by atoms with Crippen LogP contribution in [0.1, 0.15) is 24.2 Å². The maximum atomic E-state index is 13.0. The number of ether oxygens (including phenoxy) is 1. The number of hydrogen-bond acceptors (Lipinski definition) is 3. The smallest absolute Gasteiger partial charge is 0.243 e. The van der Waals surface area contributed by atoms with Gasteiger partial charge in [-0.15, -0.1) is 0 Å². The number of sulfonamides is 1. The van der Waals surface area contributed by atoms with Crippen molar-refractivity contribution in [3.63, 3.8) is 0 Å². The van der Waals surface area contributed by atoms with Crippen molar-refractivity contribution in [3.05, 3.63) is 64.7 Å². The van der Waals surface area contributed by atoms with Crippen LogP contribution >= 0.6 is 11.6 Å². The third-order valence-electron chi connectivity index (χ3n) is 4.30. The highest BCUT2D eigenvalue weighted by Crippen LogP contribution is 2.30. The minimum atomic E-state index is -3.62. The van der Waals surface area contributed by atoms with Gasteiger partial charge in [0.2, 0.25) is 10.0 Å². The van der Waals surface area contributed by atoms with Crippen LogP contribution < -0.4 is 0 Å². The van der Waals surface area contributed by atoms with Crippen LogP contribution in [0.15, 0.2) is 53.4 Å². The Morgan fingerprint density at radius 3 is 2.54 bits per heavy atom. The van der Waals surface area contributed by atoms with Crippen LogP contribution in [0.3, 0.4) is 0 Å². The molecule has 3 rings (SSSR count). The molecule has 1 fully saturated rings. The van der Waals surface area contributed by atoms with Crippen molar-refractivity contribution in [1.82, 2.24) is 4.31 Å². The van der Waals surface area contributed by atoms with Crippen molar-refractivity contribution in [2.24, 2.45) is 0 Å². The van der Waals surface area contributed by atoms with E-state index in [0.29, 0.717) is 18.2 Å². The number of hydrogen-bond donors (Lipinski definition) is 0. The number of aryl methyl sites for hydroxylation is 1. The van der Waals surface area contributed by atoms with Crippen LogP contribution in [0.4, 0.5) is 0 Å². The van der Waals surface area contributed by atoms with Crippen LogP contribution in [0.2, 0.25) is 5.02 Å².